The summed E-state index contributed by atoms with van der Waals surface area (Å²) in [5.74, 6) is 0.392. The molecule has 0 aliphatic rings. The molecule has 0 aliphatic carbocycles. The summed E-state index contributed by atoms with van der Waals surface area (Å²) >= 11 is 5.61. The number of anilines is 2. The van der Waals surface area contributed by atoms with Crippen LogP contribution in [0.25, 0.3) is 0 Å². The van der Waals surface area contributed by atoms with Crippen LogP contribution >= 0.6 is 11.6 Å². The predicted octanol–water partition coefficient (Wildman–Crippen LogP) is 6.69. The number of urea groups is 1. The molecule has 0 saturated heterocycles. The number of ether oxygens (including phenoxy) is 3. The summed E-state index contributed by atoms with van der Waals surface area (Å²) in [5, 5.41) is 7.15. The fourth-order valence-corrected chi connectivity index (χ4v) is 4.09. The molecular formula is C31H37ClF3N5O5. The number of amides is 3. The maximum absolute atomic E-state index is 13.1. The number of nitrogens with zero attached hydrogens (tertiary/aromatic N) is 2. The van der Waals surface area contributed by atoms with Crippen LogP contribution in [0.1, 0.15) is 35.8 Å². The van der Waals surface area contributed by atoms with Crippen molar-refractivity contribution in [1.82, 2.24) is 15.2 Å². The Bertz CT molecular complexity index is 1380. The smallest absolute Gasteiger partial charge is 0.417 e. The predicted molar refractivity (Wildman–Crippen MR) is 166 cm³/mol. The molecule has 0 unspecified atom stereocenters. The first-order valence-corrected chi connectivity index (χ1v) is 14.7. The lowest BCUT2D eigenvalue weighted by Gasteiger charge is -2.15. The second kappa shape index (κ2) is 18.2. The minimum Gasteiger partial charge on any atom is -0.457 e. The fraction of sp³-hybridized carbons (Fsp3) is 0.387. The van der Waals surface area contributed by atoms with Gasteiger partial charge in [-0.05, 0) is 68.5 Å². The zero-order chi connectivity index (χ0) is 32.7. The van der Waals surface area contributed by atoms with Crippen molar-refractivity contribution in [2.45, 2.75) is 25.9 Å². The third kappa shape index (κ3) is 12.9. The van der Waals surface area contributed by atoms with Crippen molar-refractivity contribution in [3.05, 3.63) is 77.1 Å². The highest BCUT2D eigenvalue weighted by Crippen LogP contribution is 2.36. The molecule has 1 aromatic heterocycles. The summed E-state index contributed by atoms with van der Waals surface area (Å²) in [4.78, 5) is 31.1. The normalized spacial score (nSPS) is 11.4. The number of unbranched alkanes of at least 4 members (excludes halogenated alkanes) is 1. The third-order valence-corrected chi connectivity index (χ3v) is 6.59. The SMILES string of the molecule is CCCCN(C)CCOCCOCCNC(=O)c1cc(Oc2ccc(NC(=O)Nc3ccc(Cl)c(C(F)(F)F)c3)cc2)ccn1. The molecular weight excluding hydrogens is 615 g/mol. The number of carbonyl (C=O) groups is 2. The molecule has 14 heteroatoms. The van der Waals surface area contributed by atoms with E-state index < -0.39 is 22.8 Å². The number of hydrogen-bond acceptors (Lipinski definition) is 7. The molecule has 2 aromatic carbocycles. The van der Waals surface area contributed by atoms with Gasteiger partial charge in [-0.15, -0.1) is 0 Å². The van der Waals surface area contributed by atoms with Crippen LogP contribution in [0.2, 0.25) is 5.02 Å². The average Bonchev–Trinajstić information content (AvgIpc) is 3.00. The molecule has 0 bridgehead atoms. The van der Waals surface area contributed by atoms with Gasteiger partial charge in [-0.25, -0.2) is 4.79 Å². The van der Waals surface area contributed by atoms with Gasteiger partial charge in [0.2, 0.25) is 0 Å². The number of alkyl halides is 3. The minimum absolute atomic E-state index is 0.0732. The molecule has 244 valence electrons. The van der Waals surface area contributed by atoms with E-state index in [2.05, 4.69) is 39.8 Å². The maximum Gasteiger partial charge on any atom is 0.417 e. The Labute approximate surface area is 265 Å². The molecule has 0 atom stereocenters. The van der Waals surface area contributed by atoms with Crippen molar-refractivity contribution in [2.75, 3.05) is 63.7 Å². The Balaban J connectivity index is 1.38. The minimum atomic E-state index is -4.66. The van der Waals surface area contributed by atoms with Crippen LogP contribution in [0.3, 0.4) is 0 Å². The first-order chi connectivity index (χ1) is 21.5. The van der Waals surface area contributed by atoms with Crippen molar-refractivity contribution in [2.24, 2.45) is 0 Å². The van der Waals surface area contributed by atoms with Gasteiger partial charge in [-0.2, -0.15) is 13.2 Å². The summed E-state index contributed by atoms with van der Waals surface area (Å²) in [7, 11) is 2.07. The van der Waals surface area contributed by atoms with E-state index in [0.29, 0.717) is 50.2 Å². The standard InChI is InChI=1S/C31H37ClF3N5O5/c1-3-4-14-40(2)15-17-44-19-18-43-16-13-37-29(41)28-21-25(11-12-36-28)45-24-8-5-22(6-9-24)38-30(42)39-23-7-10-27(32)26(20-23)31(33,34)35/h5-12,20-21H,3-4,13-19H2,1-2H3,(H,37,41)(H2,38,39,42). The van der Waals surface area contributed by atoms with E-state index in [0.717, 1.165) is 25.2 Å². The van der Waals surface area contributed by atoms with E-state index in [-0.39, 0.29) is 17.3 Å². The van der Waals surface area contributed by atoms with Crippen molar-refractivity contribution in [3.63, 3.8) is 0 Å². The highest BCUT2D eigenvalue weighted by atomic mass is 35.5. The zero-order valence-electron chi connectivity index (χ0n) is 25.1. The Morgan fingerprint density at radius 3 is 2.29 bits per heavy atom. The molecule has 1 heterocycles. The number of hydrogen-bond donors (Lipinski definition) is 3. The Morgan fingerprint density at radius 2 is 1.58 bits per heavy atom. The van der Waals surface area contributed by atoms with Gasteiger partial charge in [0.25, 0.3) is 5.91 Å². The van der Waals surface area contributed by atoms with Gasteiger partial charge in [-0.1, -0.05) is 24.9 Å². The van der Waals surface area contributed by atoms with E-state index in [1.807, 2.05) is 0 Å². The molecule has 10 nitrogen and oxygen atoms in total. The molecule has 0 fully saturated rings. The number of pyridine rings is 1. The molecule has 3 N–H and O–H groups in total. The van der Waals surface area contributed by atoms with E-state index in [4.69, 9.17) is 25.8 Å². The van der Waals surface area contributed by atoms with Gasteiger partial charge >= 0.3 is 12.2 Å². The van der Waals surface area contributed by atoms with Crippen LogP contribution in [0, 0.1) is 0 Å². The second-order valence-corrected chi connectivity index (χ2v) is 10.3. The molecule has 0 spiro atoms. The lowest BCUT2D eigenvalue weighted by molar-refractivity contribution is -0.137. The van der Waals surface area contributed by atoms with Crippen LogP contribution in [0.5, 0.6) is 11.5 Å². The quantitative estimate of drug-likeness (QED) is 0.139. The van der Waals surface area contributed by atoms with E-state index in [9.17, 15) is 22.8 Å². The molecule has 3 rings (SSSR count). The summed E-state index contributed by atoms with van der Waals surface area (Å²) in [5.41, 5.74) is -0.601. The van der Waals surface area contributed by atoms with Gasteiger partial charge in [-0.3, -0.25) is 9.78 Å². The molecule has 3 aromatic rings. The lowest BCUT2D eigenvalue weighted by Crippen LogP contribution is -2.28. The highest BCUT2D eigenvalue weighted by Gasteiger charge is 2.33. The van der Waals surface area contributed by atoms with Crippen molar-refractivity contribution < 1.29 is 37.0 Å². The van der Waals surface area contributed by atoms with E-state index >= 15 is 0 Å². The fourth-order valence-electron chi connectivity index (χ4n) is 3.86. The summed E-state index contributed by atoms with van der Waals surface area (Å²) < 4.78 is 56.1. The third-order valence-electron chi connectivity index (χ3n) is 6.26. The van der Waals surface area contributed by atoms with Gasteiger partial charge in [0.1, 0.15) is 17.2 Å². The van der Waals surface area contributed by atoms with E-state index in [1.54, 1.807) is 30.3 Å². The number of nitrogens with one attached hydrogen (secondary N) is 3. The molecule has 0 saturated carbocycles. The zero-order valence-corrected chi connectivity index (χ0v) is 25.8. The summed E-state index contributed by atoms with van der Waals surface area (Å²) in [6.07, 6.45) is -0.874. The van der Waals surface area contributed by atoms with Crippen molar-refractivity contribution >= 4 is 34.9 Å². The number of benzene rings is 2. The first-order valence-electron chi connectivity index (χ1n) is 14.4. The summed E-state index contributed by atoms with van der Waals surface area (Å²) in [6.45, 7) is 6.28. The van der Waals surface area contributed by atoms with Gasteiger partial charge in [0, 0.05) is 36.7 Å². The van der Waals surface area contributed by atoms with Gasteiger partial charge in [0.05, 0.1) is 37.0 Å². The van der Waals surface area contributed by atoms with Crippen molar-refractivity contribution in [3.8, 4) is 11.5 Å². The summed E-state index contributed by atoms with van der Waals surface area (Å²) in [6, 6.07) is 11.6. The maximum atomic E-state index is 13.1. The van der Waals surface area contributed by atoms with Crippen LogP contribution in [-0.2, 0) is 15.7 Å². The second-order valence-electron chi connectivity index (χ2n) is 9.91. The number of aromatic nitrogens is 1. The van der Waals surface area contributed by atoms with E-state index in [1.165, 1.54) is 31.2 Å². The van der Waals surface area contributed by atoms with Gasteiger partial charge < -0.3 is 35.1 Å². The number of likely N-dealkylation sites (N-methyl/N-ethyl adjacent to an activating group) is 1. The van der Waals surface area contributed by atoms with Crippen molar-refractivity contribution in [1.29, 1.82) is 0 Å². The number of halogens is 4. The molecule has 45 heavy (non-hydrogen) atoms. The highest BCUT2D eigenvalue weighted by molar-refractivity contribution is 6.31. The van der Waals surface area contributed by atoms with Crippen LogP contribution in [0.4, 0.5) is 29.3 Å². The topological polar surface area (TPSA) is 114 Å². The molecule has 3 amide bonds. The van der Waals surface area contributed by atoms with Crippen LogP contribution in [-0.4, -0.2) is 74.9 Å². The Hall–Kier alpha value is -3.91. The average molecular weight is 652 g/mol. The Morgan fingerprint density at radius 1 is 0.889 bits per heavy atom. The van der Waals surface area contributed by atoms with Crippen LogP contribution < -0.4 is 20.7 Å². The number of carbonyl (C=O) groups excluding carboxylic acids is 2. The Kier molecular flexibility index (Phi) is 14.3. The lowest BCUT2D eigenvalue weighted by atomic mass is 10.2. The van der Waals surface area contributed by atoms with Crippen LogP contribution in [0.15, 0.2) is 60.8 Å². The van der Waals surface area contributed by atoms with Gasteiger partial charge in [0.15, 0.2) is 0 Å². The molecule has 0 radical (unpaired) electrons. The first kappa shape index (κ1) is 35.6. The monoisotopic (exact) mass is 651 g/mol. The largest absolute Gasteiger partial charge is 0.457 e. The number of rotatable bonds is 17. The molecule has 0 aliphatic heterocycles.